The third kappa shape index (κ3) is 3.13. The van der Waals surface area contributed by atoms with E-state index in [1.54, 1.807) is 12.1 Å². The lowest BCUT2D eigenvalue weighted by Crippen LogP contribution is -2.34. The third-order valence-electron chi connectivity index (χ3n) is 2.40. The van der Waals surface area contributed by atoms with Crippen molar-refractivity contribution >= 4 is 6.29 Å². The summed E-state index contributed by atoms with van der Waals surface area (Å²) < 4.78 is 13.5. The minimum atomic E-state index is -0.311. The fourth-order valence-electron chi connectivity index (χ4n) is 1.55. The van der Waals surface area contributed by atoms with Crippen LogP contribution in [-0.4, -0.2) is 19.4 Å². The second-order valence-electron chi connectivity index (χ2n) is 4.16. The van der Waals surface area contributed by atoms with Crippen LogP contribution < -0.4 is 5.32 Å². The molecule has 1 aromatic rings. The molecule has 1 rings (SSSR count). The molecule has 0 unspecified atom stereocenters. The molecule has 0 amide bonds. The number of nitrogens with one attached hydrogen (secondary N) is 1. The van der Waals surface area contributed by atoms with Gasteiger partial charge >= 0.3 is 0 Å². The SMILES string of the molecule is CC(C)(CNCC=O)c1ccccc1F. The largest absolute Gasteiger partial charge is 0.309 e. The van der Waals surface area contributed by atoms with E-state index in [-0.39, 0.29) is 11.2 Å². The van der Waals surface area contributed by atoms with Crippen molar-refractivity contribution in [2.45, 2.75) is 19.3 Å². The molecule has 0 atom stereocenters. The summed E-state index contributed by atoms with van der Waals surface area (Å²) in [5.74, 6) is -0.199. The molecule has 0 fully saturated rings. The normalized spacial score (nSPS) is 11.4. The molecule has 0 bridgehead atoms. The van der Waals surface area contributed by atoms with E-state index in [2.05, 4.69) is 5.32 Å². The number of benzene rings is 1. The molecule has 1 N–H and O–H groups in total. The number of hydrogen-bond acceptors (Lipinski definition) is 2. The fraction of sp³-hybridized carbons (Fsp3) is 0.417. The lowest BCUT2D eigenvalue weighted by molar-refractivity contribution is -0.107. The maximum atomic E-state index is 13.5. The number of aldehydes is 1. The van der Waals surface area contributed by atoms with Crippen LogP contribution in [0.2, 0.25) is 0 Å². The van der Waals surface area contributed by atoms with Gasteiger partial charge in [-0.15, -0.1) is 0 Å². The highest BCUT2D eigenvalue weighted by molar-refractivity contribution is 5.51. The van der Waals surface area contributed by atoms with Crippen molar-refractivity contribution in [3.05, 3.63) is 35.6 Å². The Morgan fingerprint density at radius 3 is 2.67 bits per heavy atom. The number of hydrogen-bond donors (Lipinski definition) is 1. The fourth-order valence-corrected chi connectivity index (χ4v) is 1.55. The summed E-state index contributed by atoms with van der Waals surface area (Å²) in [6.45, 7) is 4.77. The topological polar surface area (TPSA) is 29.1 Å². The molecule has 3 heteroatoms. The van der Waals surface area contributed by atoms with Crippen LogP contribution in [0.25, 0.3) is 0 Å². The molecule has 0 heterocycles. The van der Waals surface area contributed by atoms with E-state index in [9.17, 15) is 9.18 Å². The minimum Gasteiger partial charge on any atom is -0.309 e. The zero-order valence-electron chi connectivity index (χ0n) is 9.09. The number of carbonyl (C=O) groups excluding carboxylic acids is 1. The average molecular weight is 209 g/mol. The first-order valence-electron chi connectivity index (χ1n) is 4.97. The molecule has 0 aliphatic heterocycles. The Bertz CT molecular complexity index is 336. The molecule has 0 radical (unpaired) electrons. The molecular formula is C12H16FNO. The molecule has 0 aliphatic carbocycles. The van der Waals surface area contributed by atoms with E-state index < -0.39 is 0 Å². The highest BCUT2D eigenvalue weighted by Crippen LogP contribution is 2.24. The molecular weight excluding hydrogens is 193 g/mol. The molecule has 82 valence electrons. The van der Waals surface area contributed by atoms with Gasteiger partial charge in [0.15, 0.2) is 0 Å². The predicted molar refractivity (Wildman–Crippen MR) is 58.4 cm³/mol. The third-order valence-corrected chi connectivity index (χ3v) is 2.40. The average Bonchev–Trinajstić information content (AvgIpc) is 2.18. The maximum absolute atomic E-state index is 13.5. The Morgan fingerprint density at radius 1 is 1.40 bits per heavy atom. The van der Waals surface area contributed by atoms with Gasteiger partial charge < -0.3 is 10.1 Å². The molecule has 0 spiro atoms. The van der Waals surface area contributed by atoms with Gasteiger partial charge in [0.2, 0.25) is 0 Å². The lowest BCUT2D eigenvalue weighted by Gasteiger charge is -2.25. The summed E-state index contributed by atoms with van der Waals surface area (Å²) in [5.41, 5.74) is 0.359. The summed E-state index contributed by atoms with van der Waals surface area (Å²) in [6.07, 6.45) is 0.803. The van der Waals surface area contributed by atoms with Crippen LogP contribution in [-0.2, 0) is 10.2 Å². The smallest absolute Gasteiger partial charge is 0.133 e. The Morgan fingerprint density at radius 2 is 2.07 bits per heavy atom. The van der Waals surface area contributed by atoms with Crippen molar-refractivity contribution in [3.63, 3.8) is 0 Å². The summed E-state index contributed by atoms with van der Waals surface area (Å²) >= 11 is 0. The van der Waals surface area contributed by atoms with Gasteiger partial charge in [-0.25, -0.2) is 4.39 Å². The molecule has 0 saturated heterocycles. The first-order valence-corrected chi connectivity index (χ1v) is 4.97. The summed E-state index contributed by atoms with van der Waals surface area (Å²) in [4.78, 5) is 10.2. The zero-order chi connectivity index (χ0) is 11.3. The Balaban J connectivity index is 2.76. The van der Waals surface area contributed by atoms with Crippen LogP contribution in [0.15, 0.2) is 24.3 Å². The van der Waals surface area contributed by atoms with E-state index in [4.69, 9.17) is 0 Å². The van der Waals surface area contributed by atoms with E-state index in [0.29, 0.717) is 18.7 Å². The predicted octanol–water partition coefficient (Wildman–Crippen LogP) is 1.89. The molecule has 15 heavy (non-hydrogen) atoms. The zero-order valence-corrected chi connectivity index (χ0v) is 9.09. The van der Waals surface area contributed by atoms with Crippen LogP contribution in [0.1, 0.15) is 19.4 Å². The highest BCUT2D eigenvalue weighted by atomic mass is 19.1. The second-order valence-corrected chi connectivity index (χ2v) is 4.16. The van der Waals surface area contributed by atoms with Gasteiger partial charge in [0.25, 0.3) is 0 Å². The summed E-state index contributed by atoms with van der Waals surface area (Å²) in [6, 6.07) is 6.72. The van der Waals surface area contributed by atoms with Crippen LogP contribution in [0.5, 0.6) is 0 Å². The van der Waals surface area contributed by atoms with Crippen molar-refractivity contribution in [2.24, 2.45) is 0 Å². The minimum absolute atomic E-state index is 0.199. The van der Waals surface area contributed by atoms with Gasteiger partial charge in [0.05, 0.1) is 6.54 Å². The van der Waals surface area contributed by atoms with Gasteiger partial charge in [-0.1, -0.05) is 32.0 Å². The highest BCUT2D eigenvalue weighted by Gasteiger charge is 2.22. The molecule has 0 aliphatic rings. The Hall–Kier alpha value is -1.22. The number of carbonyl (C=O) groups is 1. The Labute approximate surface area is 89.5 Å². The van der Waals surface area contributed by atoms with E-state index in [0.717, 1.165) is 6.29 Å². The summed E-state index contributed by atoms with van der Waals surface area (Å²) in [5, 5.41) is 2.97. The van der Waals surface area contributed by atoms with Crippen molar-refractivity contribution < 1.29 is 9.18 Å². The van der Waals surface area contributed by atoms with Crippen LogP contribution >= 0.6 is 0 Å². The quantitative estimate of drug-likeness (QED) is 0.592. The van der Waals surface area contributed by atoms with E-state index in [1.165, 1.54) is 6.07 Å². The van der Waals surface area contributed by atoms with Crippen molar-refractivity contribution in [1.82, 2.24) is 5.32 Å². The number of halogens is 1. The molecule has 2 nitrogen and oxygen atoms in total. The van der Waals surface area contributed by atoms with E-state index in [1.807, 2.05) is 19.9 Å². The van der Waals surface area contributed by atoms with Gasteiger partial charge in [-0.3, -0.25) is 0 Å². The first-order chi connectivity index (χ1) is 7.08. The van der Waals surface area contributed by atoms with Gasteiger partial charge in [-0.05, 0) is 11.6 Å². The lowest BCUT2D eigenvalue weighted by atomic mass is 9.84. The van der Waals surface area contributed by atoms with Gasteiger partial charge in [0.1, 0.15) is 12.1 Å². The van der Waals surface area contributed by atoms with Crippen LogP contribution in [0.3, 0.4) is 0 Å². The molecule has 0 aromatic heterocycles. The number of rotatable bonds is 5. The molecule has 0 saturated carbocycles. The van der Waals surface area contributed by atoms with Gasteiger partial charge in [-0.2, -0.15) is 0 Å². The van der Waals surface area contributed by atoms with Crippen LogP contribution in [0.4, 0.5) is 4.39 Å². The van der Waals surface area contributed by atoms with E-state index >= 15 is 0 Å². The Kier molecular flexibility index (Phi) is 3.97. The molecule has 1 aromatic carbocycles. The first kappa shape index (κ1) is 11.9. The standard InChI is InChI=1S/C12H16FNO/c1-12(2,9-14-7-8-15)10-5-3-4-6-11(10)13/h3-6,8,14H,7,9H2,1-2H3. The van der Waals surface area contributed by atoms with Crippen molar-refractivity contribution in [2.75, 3.05) is 13.1 Å². The second kappa shape index (κ2) is 5.03. The summed E-state index contributed by atoms with van der Waals surface area (Å²) in [7, 11) is 0. The monoisotopic (exact) mass is 209 g/mol. The van der Waals surface area contributed by atoms with Gasteiger partial charge in [0, 0.05) is 12.0 Å². The van der Waals surface area contributed by atoms with Crippen LogP contribution in [0, 0.1) is 5.82 Å². The van der Waals surface area contributed by atoms with Crippen molar-refractivity contribution in [3.8, 4) is 0 Å². The maximum Gasteiger partial charge on any atom is 0.133 e. The van der Waals surface area contributed by atoms with Crippen molar-refractivity contribution in [1.29, 1.82) is 0 Å².